The summed E-state index contributed by atoms with van der Waals surface area (Å²) < 4.78 is 25.9. The number of carbonyl (C=O) groups is 3. The SMILES string of the molecule is CC(C)(C)[Si](C)(C)Oc1ccc(CC(=O)N(CC(=O)NCCc2ccc3c(c2)CN(c2ccccc2)CO3)CC(=O)NCCc2ccc3c(c2)CN(c2ccccc2)CO3)cc1O[Si](C)(C)C(C)(C)C. The van der Waals surface area contributed by atoms with E-state index >= 15 is 0 Å². The smallest absolute Gasteiger partial charge is 0.250 e. The molecular weight excluding hydrogens is 911 g/mol. The number of anilines is 2. The Morgan fingerprint density at radius 2 is 1.00 bits per heavy atom. The Kier molecular flexibility index (Phi) is 16.1. The lowest BCUT2D eigenvalue weighted by molar-refractivity contribution is -0.138. The highest BCUT2D eigenvalue weighted by Crippen LogP contribution is 2.44. The van der Waals surface area contributed by atoms with Gasteiger partial charge in [0, 0.05) is 48.7 Å². The average Bonchev–Trinajstić information content (AvgIpc) is 3.31. The van der Waals surface area contributed by atoms with Gasteiger partial charge in [-0.15, -0.1) is 0 Å². The monoisotopic (exact) mass is 984 g/mol. The number of para-hydroxylation sites is 2. The van der Waals surface area contributed by atoms with Crippen molar-refractivity contribution in [3.8, 4) is 23.0 Å². The third-order valence-corrected chi connectivity index (χ3v) is 22.9. The van der Waals surface area contributed by atoms with E-state index in [1.165, 1.54) is 4.90 Å². The molecule has 0 bridgehead atoms. The van der Waals surface area contributed by atoms with E-state index < -0.39 is 16.6 Å². The van der Waals surface area contributed by atoms with E-state index in [9.17, 15) is 14.4 Å². The zero-order chi connectivity index (χ0) is 50.3. The number of hydrogen-bond donors (Lipinski definition) is 2. The van der Waals surface area contributed by atoms with E-state index in [1.807, 2.05) is 78.9 Å². The highest BCUT2D eigenvalue weighted by Gasteiger charge is 2.42. The second-order valence-corrected chi connectivity index (χ2v) is 31.1. The molecule has 2 N–H and O–H groups in total. The van der Waals surface area contributed by atoms with E-state index in [1.54, 1.807) is 0 Å². The maximum atomic E-state index is 14.4. The molecule has 0 radical (unpaired) electrons. The first-order valence-electron chi connectivity index (χ1n) is 24.6. The van der Waals surface area contributed by atoms with Gasteiger partial charge in [0.25, 0.3) is 16.6 Å². The standard InChI is InChI=1S/C56H73N5O7Si2/c1-55(2,3)69(7,8)67-50-26-23-43(33-51(50)68-70(9,10)56(4,5)6)34-54(64)59(37-52(62)57-29-27-41-21-24-48-44(31-41)35-60(39-65-48)46-17-13-11-14-18-46)38-53(63)58-30-28-42-22-25-49-45(32-42)36-61(40-66-49)47-19-15-12-16-20-47/h11-26,31-33H,27-30,34-40H2,1-10H3,(H,57,62)(H,58,63). The summed E-state index contributed by atoms with van der Waals surface area (Å²) >= 11 is 0. The van der Waals surface area contributed by atoms with Crippen LogP contribution in [0.3, 0.4) is 0 Å². The van der Waals surface area contributed by atoms with Crippen LogP contribution >= 0.6 is 0 Å². The molecule has 372 valence electrons. The molecule has 2 aliphatic heterocycles. The number of ether oxygens (including phenoxy) is 2. The molecule has 0 unspecified atom stereocenters. The normalized spacial score (nSPS) is 13.8. The number of benzene rings is 5. The summed E-state index contributed by atoms with van der Waals surface area (Å²) in [4.78, 5) is 47.5. The molecular formula is C56H73N5O7Si2. The molecule has 2 aliphatic rings. The molecule has 0 atom stereocenters. The Morgan fingerprint density at radius 3 is 1.44 bits per heavy atom. The van der Waals surface area contributed by atoms with Crippen LogP contribution in [-0.4, -0.2) is 78.9 Å². The summed E-state index contributed by atoms with van der Waals surface area (Å²) in [6.45, 7) is 24.5. The van der Waals surface area contributed by atoms with E-state index in [4.69, 9.17) is 18.3 Å². The van der Waals surface area contributed by atoms with E-state index in [-0.39, 0.29) is 47.3 Å². The third-order valence-electron chi connectivity index (χ3n) is 14.2. The molecule has 0 saturated carbocycles. The van der Waals surface area contributed by atoms with Gasteiger partial charge in [0.05, 0.1) is 6.42 Å². The van der Waals surface area contributed by atoms with E-state index in [0.29, 0.717) is 69.5 Å². The Morgan fingerprint density at radius 1 is 0.571 bits per heavy atom. The van der Waals surface area contributed by atoms with Crippen LogP contribution in [0.2, 0.25) is 36.3 Å². The first kappa shape index (κ1) is 51.6. The average molecular weight is 984 g/mol. The van der Waals surface area contributed by atoms with Gasteiger partial charge in [0.2, 0.25) is 17.7 Å². The van der Waals surface area contributed by atoms with Crippen LogP contribution in [0.25, 0.3) is 0 Å². The van der Waals surface area contributed by atoms with Gasteiger partial charge >= 0.3 is 0 Å². The van der Waals surface area contributed by atoms with Gasteiger partial charge in [-0.05, 0) is 114 Å². The number of rotatable bonds is 18. The van der Waals surface area contributed by atoms with Gasteiger partial charge in [-0.25, -0.2) is 0 Å². The Hall–Kier alpha value is -6.26. The first-order valence-corrected chi connectivity index (χ1v) is 30.4. The lowest BCUT2D eigenvalue weighted by Gasteiger charge is -2.39. The minimum atomic E-state index is -2.33. The van der Waals surface area contributed by atoms with E-state index in [0.717, 1.165) is 45.1 Å². The van der Waals surface area contributed by atoms with Crippen molar-refractivity contribution < 1.29 is 32.7 Å². The molecule has 12 nitrogen and oxygen atoms in total. The lowest BCUT2D eigenvalue weighted by atomic mass is 10.1. The minimum Gasteiger partial charge on any atom is -0.541 e. The fourth-order valence-corrected chi connectivity index (χ4v) is 9.90. The molecule has 5 aromatic carbocycles. The summed E-state index contributed by atoms with van der Waals surface area (Å²) in [7, 11) is -4.59. The van der Waals surface area contributed by atoms with Crippen LogP contribution < -0.4 is 38.8 Å². The molecule has 0 saturated heterocycles. The van der Waals surface area contributed by atoms with E-state index in [2.05, 4.69) is 125 Å². The number of carbonyl (C=O) groups excluding carboxylic acids is 3. The van der Waals surface area contributed by atoms with Crippen molar-refractivity contribution in [1.29, 1.82) is 0 Å². The number of nitrogens with zero attached hydrogens (tertiary/aromatic N) is 3. The zero-order valence-electron chi connectivity index (χ0n) is 42.9. The maximum Gasteiger partial charge on any atom is 0.250 e. The fourth-order valence-electron chi connectivity index (χ4n) is 7.86. The molecule has 0 aliphatic carbocycles. The Bertz CT molecular complexity index is 2490. The van der Waals surface area contributed by atoms with Crippen LogP contribution in [0.5, 0.6) is 23.0 Å². The van der Waals surface area contributed by atoms with Crippen LogP contribution in [-0.2, 0) is 46.7 Å². The summed E-state index contributed by atoms with van der Waals surface area (Å²) in [6.07, 6.45) is 1.12. The Balaban J connectivity index is 1.03. The first-order chi connectivity index (χ1) is 33.1. The molecule has 14 heteroatoms. The number of fused-ring (bicyclic) bond motifs is 2. The highest BCUT2D eigenvalue weighted by molar-refractivity contribution is 6.75. The fraction of sp³-hybridized carbons (Fsp3) is 0.411. The van der Waals surface area contributed by atoms with Crippen LogP contribution in [0, 0.1) is 0 Å². The number of hydrogen-bond acceptors (Lipinski definition) is 9. The van der Waals surface area contributed by atoms with Crippen molar-refractivity contribution in [1.82, 2.24) is 15.5 Å². The molecule has 3 amide bonds. The largest absolute Gasteiger partial charge is 0.541 e. The second-order valence-electron chi connectivity index (χ2n) is 21.6. The maximum absolute atomic E-state index is 14.4. The van der Waals surface area contributed by atoms with Crippen LogP contribution in [0.15, 0.2) is 115 Å². The topological polar surface area (TPSA) is 122 Å². The van der Waals surface area contributed by atoms with Crippen molar-refractivity contribution in [2.45, 2.75) is 110 Å². The molecule has 2 heterocycles. The van der Waals surface area contributed by atoms with Crippen molar-refractivity contribution in [2.24, 2.45) is 0 Å². The molecule has 7 rings (SSSR count). The molecule has 0 fully saturated rings. The van der Waals surface area contributed by atoms with Gasteiger partial charge in [0.1, 0.15) is 36.1 Å². The quantitative estimate of drug-likeness (QED) is 0.0827. The van der Waals surface area contributed by atoms with Crippen molar-refractivity contribution in [3.63, 3.8) is 0 Å². The summed E-state index contributed by atoms with van der Waals surface area (Å²) in [5, 5.41) is 5.90. The van der Waals surface area contributed by atoms with Crippen molar-refractivity contribution >= 4 is 45.7 Å². The second kappa shape index (κ2) is 21.8. The van der Waals surface area contributed by atoms with Gasteiger partial charge in [-0.3, -0.25) is 14.4 Å². The zero-order valence-corrected chi connectivity index (χ0v) is 44.9. The minimum absolute atomic E-state index is 0.0385. The highest BCUT2D eigenvalue weighted by atomic mass is 28.4. The third kappa shape index (κ3) is 13.3. The predicted molar refractivity (Wildman–Crippen MR) is 285 cm³/mol. The van der Waals surface area contributed by atoms with Crippen LogP contribution in [0.4, 0.5) is 11.4 Å². The predicted octanol–water partition coefficient (Wildman–Crippen LogP) is 10.3. The number of nitrogens with one attached hydrogen (secondary N) is 2. The Labute approximate surface area is 417 Å². The molecule has 0 spiro atoms. The van der Waals surface area contributed by atoms with Crippen molar-refractivity contribution in [2.75, 3.05) is 49.4 Å². The van der Waals surface area contributed by atoms with Gasteiger partial charge < -0.3 is 43.7 Å². The summed E-state index contributed by atoms with van der Waals surface area (Å²) in [6, 6.07) is 38.3. The molecule has 0 aromatic heterocycles. The van der Waals surface area contributed by atoms with Gasteiger partial charge in [-0.1, -0.05) is 108 Å². The van der Waals surface area contributed by atoms with Crippen molar-refractivity contribution in [3.05, 3.63) is 143 Å². The summed E-state index contributed by atoms with van der Waals surface area (Å²) in [5.74, 6) is 1.96. The summed E-state index contributed by atoms with van der Waals surface area (Å²) in [5.41, 5.74) is 7.16. The lowest BCUT2D eigenvalue weighted by Crippen LogP contribution is -2.47. The van der Waals surface area contributed by atoms with Gasteiger partial charge in [0.15, 0.2) is 13.5 Å². The van der Waals surface area contributed by atoms with Gasteiger partial charge in [-0.2, -0.15) is 0 Å². The molecule has 70 heavy (non-hydrogen) atoms. The molecule has 5 aromatic rings. The van der Waals surface area contributed by atoms with Crippen LogP contribution in [0.1, 0.15) is 69.4 Å². The number of amides is 3.